The highest BCUT2D eigenvalue weighted by molar-refractivity contribution is 6.49. The van der Waals surface area contributed by atoms with Gasteiger partial charge in [0.2, 0.25) is 0 Å². The predicted molar refractivity (Wildman–Crippen MR) is 143 cm³/mol. The number of nitrogens with one attached hydrogen (secondary N) is 1. The van der Waals surface area contributed by atoms with Crippen LogP contribution < -0.4 is 5.32 Å². The van der Waals surface area contributed by atoms with Crippen LogP contribution in [-0.2, 0) is 16.0 Å². The Morgan fingerprint density at radius 2 is 1.75 bits per heavy atom. The molecule has 0 aliphatic heterocycles. The Balaban J connectivity index is 1.37. The number of halogens is 3. The highest BCUT2D eigenvalue weighted by Crippen LogP contribution is 2.38. The molecule has 182 valence electrons. The number of carbonyl (C=O) groups is 2. The van der Waals surface area contributed by atoms with Crippen LogP contribution in [0.15, 0.2) is 66.7 Å². The van der Waals surface area contributed by atoms with Crippen LogP contribution in [0.25, 0.3) is 22.2 Å². The third-order valence-electron chi connectivity index (χ3n) is 6.29. The molecular weight excluding hydrogens is 519 g/mol. The lowest BCUT2D eigenvalue weighted by Gasteiger charge is -2.26. The molecule has 1 atom stereocenters. The molecule has 8 heteroatoms. The number of aromatic nitrogens is 1. The number of hydrogen-bond donors (Lipinski definition) is 1. The first-order chi connectivity index (χ1) is 17.4. The number of nitrogens with zero attached hydrogens (tertiary/aromatic N) is 1. The zero-order valence-electron chi connectivity index (χ0n) is 19.1. The average molecular weight is 540 g/mol. The highest BCUT2D eigenvalue weighted by Gasteiger charge is 2.23. The summed E-state index contributed by atoms with van der Waals surface area (Å²) in [5, 5.41) is 4.36. The molecule has 0 radical (unpaired) electrons. The molecular formula is C28H21Cl3N2O3. The number of para-hydroxylation sites is 1. The van der Waals surface area contributed by atoms with E-state index in [1.54, 1.807) is 36.4 Å². The van der Waals surface area contributed by atoms with Crippen molar-refractivity contribution in [2.24, 2.45) is 0 Å². The van der Waals surface area contributed by atoms with Crippen molar-refractivity contribution in [3.8, 4) is 11.3 Å². The molecule has 36 heavy (non-hydrogen) atoms. The first-order valence-electron chi connectivity index (χ1n) is 11.5. The van der Waals surface area contributed by atoms with E-state index in [0.717, 1.165) is 24.8 Å². The lowest BCUT2D eigenvalue weighted by atomic mass is 9.88. The topological polar surface area (TPSA) is 68.3 Å². The Hall–Kier alpha value is -3.12. The molecule has 1 aromatic heterocycles. The zero-order chi connectivity index (χ0) is 25.2. The molecule has 1 heterocycles. The molecule has 0 saturated heterocycles. The van der Waals surface area contributed by atoms with Crippen LogP contribution in [0.5, 0.6) is 0 Å². The molecule has 0 saturated carbocycles. The van der Waals surface area contributed by atoms with E-state index in [1.165, 1.54) is 5.56 Å². The van der Waals surface area contributed by atoms with E-state index in [1.807, 2.05) is 24.3 Å². The van der Waals surface area contributed by atoms with E-state index in [-0.39, 0.29) is 27.6 Å². The molecule has 0 bridgehead atoms. The maximum atomic E-state index is 13.1. The first-order valence-corrected chi connectivity index (χ1v) is 12.6. The van der Waals surface area contributed by atoms with Gasteiger partial charge in [0.15, 0.2) is 6.61 Å². The fraction of sp³-hybridized carbons (Fsp3) is 0.179. The number of hydrogen-bond acceptors (Lipinski definition) is 4. The SMILES string of the molecule is O=C(COC(=O)c1cc(-c2ccc(Cl)c(Cl)c2Cl)nc2ccccc12)NC1CCCc2ccccc21. The second-order valence-electron chi connectivity index (χ2n) is 8.58. The summed E-state index contributed by atoms with van der Waals surface area (Å²) in [5.41, 5.74) is 4.17. The summed E-state index contributed by atoms with van der Waals surface area (Å²) in [6, 6.07) is 20.1. The minimum absolute atomic E-state index is 0.0914. The van der Waals surface area contributed by atoms with Crippen molar-refractivity contribution in [2.45, 2.75) is 25.3 Å². The summed E-state index contributed by atoms with van der Waals surface area (Å²) in [5.74, 6) is -0.985. The van der Waals surface area contributed by atoms with Gasteiger partial charge in [0.1, 0.15) is 0 Å². The predicted octanol–water partition coefficient (Wildman–Crippen LogP) is 7.21. The van der Waals surface area contributed by atoms with Crippen LogP contribution in [0.1, 0.15) is 40.4 Å². The van der Waals surface area contributed by atoms with Crippen molar-refractivity contribution in [1.29, 1.82) is 0 Å². The first kappa shape index (κ1) is 24.6. The zero-order valence-corrected chi connectivity index (χ0v) is 21.3. The summed E-state index contributed by atoms with van der Waals surface area (Å²) in [6.07, 6.45) is 2.84. The van der Waals surface area contributed by atoms with Gasteiger partial charge in [-0.05, 0) is 54.7 Å². The number of esters is 1. The van der Waals surface area contributed by atoms with Crippen LogP contribution in [0.2, 0.25) is 15.1 Å². The standard InChI is InChI=1S/C28H21Cl3N2O3/c29-21-13-12-19(26(30)27(21)31)24-14-20(18-9-3-4-10-23(18)32-24)28(35)36-15-25(34)33-22-11-5-7-16-6-1-2-8-17(16)22/h1-4,6,8-10,12-14,22H,5,7,11,15H2,(H,33,34). The van der Waals surface area contributed by atoms with Crippen molar-refractivity contribution in [3.05, 3.63) is 98.5 Å². The quantitative estimate of drug-likeness (QED) is 0.215. The Morgan fingerprint density at radius 3 is 2.61 bits per heavy atom. The number of rotatable bonds is 5. The van der Waals surface area contributed by atoms with Crippen LogP contribution in [-0.4, -0.2) is 23.5 Å². The van der Waals surface area contributed by atoms with Gasteiger partial charge in [-0.25, -0.2) is 9.78 Å². The molecule has 0 spiro atoms. The number of carbonyl (C=O) groups excluding carboxylic acids is 2. The highest BCUT2D eigenvalue weighted by atomic mass is 35.5. The monoisotopic (exact) mass is 538 g/mol. The van der Waals surface area contributed by atoms with Crippen molar-refractivity contribution < 1.29 is 14.3 Å². The van der Waals surface area contributed by atoms with E-state index in [0.29, 0.717) is 27.2 Å². The van der Waals surface area contributed by atoms with E-state index >= 15 is 0 Å². The number of aryl methyl sites for hydroxylation is 1. The lowest BCUT2D eigenvalue weighted by Crippen LogP contribution is -2.34. The number of fused-ring (bicyclic) bond motifs is 2. The normalized spacial score (nSPS) is 14.8. The van der Waals surface area contributed by atoms with Gasteiger partial charge in [-0.3, -0.25) is 4.79 Å². The minimum Gasteiger partial charge on any atom is -0.452 e. The number of amides is 1. The van der Waals surface area contributed by atoms with Crippen LogP contribution in [0.4, 0.5) is 0 Å². The van der Waals surface area contributed by atoms with E-state index < -0.39 is 12.6 Å². The second-order valence-corrected chi connectivity index (χ2v) is 9.75. The van der Waals surface area contributed by atoms with Gasteiger partial charge in [0.25, 0.3) is 5.91 Å². The Labute approximate surface area is 223 Å². The van der Waals surface area contributed by atoms with Crippen LogP contribution in [0, 0.1) is 0 Å². The summed E-state index contributed by atoms with van der Waals surface area (Å²) < 4.78 is 5.43. The maximum Gasteiger partial charge on any atom is 0.339 e. The summed E-state index contributed by atoms with van der Waals surface area (Å²) >= 11 is 18.7. The Morgan fingerprint density at radius 1 is 0.972 bits per heavy atom. The number of pyridine rings is 1. The molecule has 1 aliphatic rings. The molecule has 1 aliphatic carbocycles. The third kappa shape index (κ3) is 4.92. The van der Waals surface area contributed by atoms with Crippen molar-refractivity contribution >= 4 is 57.6 Å². The molecule has 3 aromatic carbocycles. The molecule has 1 N–H and O–H groups in total. The molecule has 5 nitrogen and oxygen atoms in total. The molecule has 5 rings (SSSR count). The average Bonchev–Trinajstić information content (AvgIpc) is 2.90. The fourth-order valence-electron chi connectivity index (χ4n) is 4.55. The van der Waals surface area contributed by atoms with E-state index in [4.69, 9.17) is 39.5 Å². The lowest BCUT2D eigenvalue weighted by molar-refractivity contribution is -0.125. The Bertz CT molecular complexity index is 1490. The Kier molecular flexibility index (Phi) is 7.15. The van der Waals surface area contributed by atoms with Gasteiger partial charge in [-0.15, -0.1) is 0 Å². The van der Waals surface area contributed by atoms with Crippen molar-refractivity contribution in [1.82, 2.24) is 10.3 Å². The smallest absolute Gasteiger partial charge is 0.339 e. The molecule has 1 amide bonds. The summed E-state index contributed by atoms with van der Waals surface area (Å²) in [7, 11) is 0. The van der Waals surface area contributed by atoms with E-state index in [2.05, 4.69) is 16.4 Å². The molecule has 4 aromatic rings. The van der Waals surface area contributed by atoms with Crippen LogP contribution in [0.3, 0.4) is 0 Å². The largest absolute Gasteiger partial charge is 0.452 e. The van der Waals surface area contributed by atoms with Gasteiger partial charge in [0.05, 0.1) is 37.9 Å². The van der Waals surface area contributed by atoms with Gasteiger partial charge in [0, 0.05) is 10.9 Å². The van der Waals surface area contributed by atoms with Crippen molar-refractivity contribution in [3.63, 3.8) is 0 Å². The van der Waals surface area contributed by atoms with Gasteiger partial charge in [-0.2, -0.15) is 0 Å². The molecule has 0 fully saturated rings. The van der Waals surface area contributed by atoms with Gasteiger partial charge < -0.3 is 10.1 Å². The van der Waals surface area contributed by atoms with Crippen molar-refractivity contribution in [2.75, 3.05) is 6.61 Å². The number of ether oxygens (including phenoxy) is 1. The second kappa shape index (κ2) is 10.5. The fourth-order valence-corrected chi connectivity index (χ4v) is 5.19. The number of benzene rings is 3. The minimum atomic E-state index is -0.634. The maximum absolute atomic E-state index is 13.1. The summed E-state index contributed by atoms with van der Waals surface area (Å²) in [4.78, 5) is 30.5. The van der Waals surface area contributed by atoms with Gasteiger partial charge in [-0.1, -0.05) is 77.3 Å². The summed E-state index contributed by atoms with van der Waals surface area (Å²) in [6.45, 7) is -0.392. The van der Waals surface area contributed by atoms with Crippen LogP contribution >= 0.6 is 34.8 Å². The van der Waals surface area contributed by atoms with Gasteiger partial charge >= 0.3 is 5.97 Å². The molecule has 1 unspecified atom stereocenters. The van der Waals surface area contributed by atoms with E-state index in [9.17, 15) is 9.59 Å². The third-order valence-corrected chi connectivity index (χ3v) is 7.58.